The van der Waals surface area contributed by atoms with Crippen molar-refractivity contribution in [1.82, 2.24) is 9.78 Å². The molecule has 0 spiro atoms. The Labute approximate surface area is 111 Å². The van der Waals surface area contributed by atoms with Crippen molar-refractivity contribution in [3.8, 4) is 0 Å². The number of aryl methyl sites for hydroxylation is 1. The van der Waals surface area contributed by atoms with Gasteiger partial charge in [0.25, 0.3) is 5.91 Å². The van der Waals surface area contributed by atoms with Gasteiger partial charge in [0.05, 0.1) is 0 Å². The SMILES string of the molecule is CCn1ccc(C(=O)Nc2ccc(C(C)=O)cc2)n1. The number of aromatic nitrogens is 2. The molecule has 1 N–H and O–H groups in total. The van der Waals surface area contributed by atoms with Crippen molar-refractivity contribution < 1.29 is 9.59 Å². The third-order valence-electron chi connectivity index (χ3n) is 2.75. The minimum atomic E-state index is -0.261. The summed E-state index contributed by atoms with van der Waals surface area (Å²) >= 11 is 0. The van der Waals surface area contributed by atoms with Gasteiger partial charge in [-0.25, -0.2) is 0 Å². The molecular weight excluding hydrogens is 242 g/mol. The highest BCUT2D eigenvalue weighted by Crippen LogP contribution is 2.11. The van der Waals surface area contributed by atoms with E-state index in [-0.39, 0.29) is 11.7 Å². The summed E-state index contributed by atoms with van der Waals surface area (Å²) in [6, 6.07) is 8.44. The highest BCUT2D eigenvalue weighted by molar-refractivity contribution is 6.03. The van der Waals surface area contributed by atoms with Crippen molar-refractivity contribution in [2.75, 3.05) is 5.32 Å². The zero-order chi connectivity index (χ0) is 13.8. The number of anilines is 1. The minimum absolute atomic E-state index is 0.000402. The Kier molecular flexibility index (Phi) is 3.75. The predicted molar refractivity (Wildman–Crippen MR) is 72.3 cm³/mol. The van der Waals surface area contributed by atoms with Gasteiger partial charge in [0, 0.05) is 24.0 Å². The van der Waals surface area contributed by atoms with E-state index in [1.807, 2.05) is 6.92 Å². The van der Waals surface area contributed by atoms with Crippen LogP contribution in [0.25, 0.3) is 0 Å². The fourth-order valence-electron chi connectivity index (χ4n) is 1.64. The summed E-state index contributed by atoms with van der Waals surface area (Å²) in [5, 5.41) is 6.86. The number of nitrogens with zero attached hydrogens (tertiary/aromatic N) is 2. The van der Waals surface area contributed by atoms with E-state index in [1.165, 1.54) is 6.92 Å². The molecule has 2 aromatic rings. The summed E-state index contributed by atoms with van der Waals surface area (Å²) in [4.78, 5) is 23.0. The van der Waals surface area contributed by atoms with Gasteiger partial charge in [-0.1, -0.05) is 0 Å². The van der Waals surface area contributed by atoms with E-state index >= 15 is 0 Å². The molecule has 0 aliphatic carbocycles. The lowest BCUT2D eigenvalue weighted by atomic mass is 10.1. The van der Waals surface area contributed by atoms with Crippen molar-refractivity contribution in [2.24, 2.45) is 0 Å². The first-order valence-corrected chi connectivity index (χ1v) is 6.06. The quantitative estimate of drug-likeness (QED) is 0.855. The number of benzene rings is 1. The average Bonchev–Trinajstić information content (AvgIpc) is 2.88. The maximum absolute atomic E-state index is 11.9. The second kappa shape index (κ2) is 5.48. The van der Waals surface area contributed by atoms with Crippen molar-refractivity contribution in [2.45, 2.75) is 20.4 Å². The lowest BCUT2D eigenvalue weighted by Gasteiger charge is -2.03. The Morgan fingerprint density at radius 3 is 2.42 bits per heavy atom. The molecule has 0 unspecified atom stereocenters. The molecule has 1 amide bonds. The second-order valence-electron chi connectivity index (χ2n) is 4.14. The molecule has 98 valence electrons. The maximum Gasteiger partial charge on any atom is 0.276 e. The van der Waals surface area contributed by atoms with Gasteiger partial charge in [0.15, 0.2) is 11.5 Å². The van der Waals surface area contributed by atoms with Crippen LogP contribution in [0, 0.1) is 0 Å². The molecule has 2 rings (SSSR count). The smallest absolute Gasteiger partial charge is 0.276 e. The number of Topliss-reactive ketones (excluding diaryl/α,β-unsaturated/α-hetero) is 1. The van der Waals surface area contributed by atoms with Crippen LogP contribution >= 0.6 is 0 Å². The number of amides is 1. The van der Waals surface area contributed by atoms with Gasteiger partial charge < -0.3 is 5.32 Å². The number of rotatable bonds is 4. The number of hydrogen-bond donors (Lipinski definition) is 1. The van der Waals surface area contributed by atoms with Crippen LogP contribution in [0.2, 0.25) is 0 Å². The summed E-state index contributed by atoms with van der Waals surface area (Å²) in [7, 11) is 0. The molecule has 5 heteroatoms. The largest absolute Gasteiger partial charge is 0.321 e. The van der Waals surface area contributed by atoms with Gasteiger partial charge >= 0.3 is 0 Å². The van der Waals surface area contributed by atoms with Crippen molar-refractivity contribution in [3.63, 3.8) is 0 Å². The highest BCUT2D eigenvalue weighted by Gasteiger charge is 2.09. The van der Waals surface area contributed by atoms with Crippen LogP contribution in [0.15, 0.2) is 36.5 Å². The van der Waals surface area contributed by atoms with Gasteiger partial charge in [0.1, 0.15) is 0 Å². The van der Waals surface area contributed by atoms with Crippen molar-refractivity contribution >= 4 is 17.4 Å². The molecule has 0 aliphatic rings. The lowest BCUT2D eigenvalue weighted by molar-refractivity contribution is 0.101. The molecule has 1 aromatic carbocycles. The molecule has 0 fully saturated rings. The molecule has 0 radical (unpaired) electrons. The van der Waals surface area contributed by atoms with Gasteiger partial charge in [-0.15, -0.1) is 0 Å². The van der Waals surface area contributed by atoms with Crippen LogP contribution in [-0.2, 0) is 6.54 Å². The average molecular weight is 257 g/mol. The summed E-state index contributed by atoms with van der Waals surface area (Å²) in [6.45, 7) is 4.18. The van der Waals surface area contributed by atoms with E-state index in [1.54, 1.807) is 41.2 Å². The van der Waals surface area contributed by atoms with Gasteiger partial charge in [-0.05, 0) is 44.2 Å². The molecule has 0 atom stereocenters. The predicted octanol–water partition coefficient (Wildman–Crippen LogP) is 2.36. The minimum Gasteiger partial charge on any atom is -0.321 e. The number of hydrogen-bond acceptors (Lipinski definition) is 3. The zero-order valence-corrected chi connectivity index (χ0v) is 10.9. The maximum atomic E-state index is 11.9. The first-order valence-electron chi connectivity index (χ1n) is 6.06. The fraction of sp³-hybridized carbons (Fsp3) is 0.214. The molecule has 5 nitrogen and oxygen atoms in total. The molecule has 0 bridgehead atoms. The molecule has 1 heterocycles. The van der Waals surface area contributed by atoms with Gasteiger partial charge in [0.2, 0.25) is 0 Å². The van der Waals surface area contributed by atoms with Gasteiger partial charge in [-0.3, -0.25) is 14.3 Å². The molecule has 1 aromatic heterocycles. The first kappa shape index (κ1) is 13.0. The summed E-state index contributed by atoms with van der Waals surface area (Å²) < 4.78 is 1.69. The van der Waals surface area contributed by atoms with E-state index in [0.29, 0.717) is 16.9 Å². The van der Waals surface area contributed by atoms with Crippen LogP contribution in [0.5, 0.6) is 0 Å². The summed E-state index contributed by atoms with van der Waals surface area (Å²) in [6.07, 6.45) is 1.76. The Bertz CT molecular complexity index is 599. The lowest BCUT2D eigenvalue weighted by Crippen LogP contribution is -2.13. The van der Waals surface area contributed by atoms with Crippen LogP contribution in [-0.4, -0.2) is 21.5 Å². The summed E-state index contributed by atoms with van der Waals surface area (Å²) in [5.41, 5.74) is 1.63. The normalized spacial score (nSPS) is 10.2. The number of ketones is 1. The monoisotopic (exact) mass is 257 g/mol. The van der Waals surface area contributed by atoms with E-state index in [9.17, 15) is 9.59 Å². The van der Waals surface area contributed by atoms with Crippen molar-refractivity contribution in [1.29, 1.82) is 0 Å². The third-order valence-corrected chi connectivity index (χ3v) is 2.75. The zero-order valence-electron chi connectivity index (χ0n) is 10.9. The number of carbonyl (C=O) groups excluding carboxylic acids is 2. The fourth-order valence-corrected chi connectivity index (χ4v) is 1.64. The Hall–Kier alpha value is -2.43. The van der Waals surface area contributed by atoms with Crippen LogP contribution in [0.3, 0.4) is 0 Å². The van der Waals surface area contributed by atoms with E-state index in [0.717, 1.165) is 6.54 Å². The number of nitrogens with one attached hydrogen (secondary N) is 1. The third kappa shape index (κ3) is 3.07. The Balaban J connectivity index is 2.08. The van der Waals surface area contributed by atoms with E-state index < -0.39 is 0 Å². The molecular formula is C14H15N3O2. The first-order chi connectivity index (χ1) is 9.10. The van der Waals surface area contributed by atoms with E-state index in [4.69, 9.17) is 0 Å². The number of carbonyl (C=O) groups is 2. The Morgan fingerprint density at radius 2 is 1.89 bits per heavy atom. The molecule has 0 saturated heterocycles. The summed E-state index contributed by atoms with van der Waals surface area (Å²) in [5.74, 6) is -0.262. The topological polar surface area (TPSA) is 64.0 Å². The second-order valence-corrected chi connectivity index (χ2v) is 4.14. The molecule has 0 aliphatic heterocycles. The van der Waals surface area contributed by atoms with Crippen LogP contribution in [0.1, 0.15) is 34.7 Å². The Morgan fingerprint density at radius 1 is 1.21 bits per heavy atom. The van der Waals surface area contributed by atoms with Crippen LogP contribution in [0.4, 0.5) is 5.69 Å². The van der Waals surface area contributed by atoms with Gasteiger partial charge in [-0.2, -0.15) is 5.10 Å². The standard InChI is InChI=1S/C14H15N3O2/c1-3-17-9-8-13(16-17)14(19)15-12-6-4-11(5-7-12)10(2)18/h4-9H,3H2,1-2H3,(H,15,19). The molecule has 19 heavy (non-hydrogen) atoms. The molecule has 0 saturated carbocycles. The highest BCUT2D eigenvalue weighted by atomic mass is 16.2. The van der Waals surface area contributed by atoms with Crippen molar-refractivity contribution in [3.05, 3.63) is 47.8 Å². The van der Waals surface area contributed by atoms with Crippen LogP contribution < -0.4 is 5.32 Å². The van der Waals surface area contributed by atoms with E-state index in [2.05, 4.69) is 10.4 Å².